The minimum atomic E-state index is -0.432. The topological polar surface area (TPSA) is 65.5 Å². The summed E-state index contributed by atoms with van der Waals surface area (Å²) in [5.41, 5.74) is 0. The van der Waals surface area contributed by atoms with Gasteiger partial charge >= 0.3 is 0 Å². The van der Waals surface area contributed by atoms with Crippen molar-refractivity contribution in [3.05, 3.63) is 16.1 Å². The quantitative estimate of drug-likeness (QED) is 0.826. The summed E-state index contributed by atoms with van der Waals surface area (Å²) in [6.45, 7) is 3.61. The predicted octanol–water partition coefficient (Wildman–Crippen LogP) is -0.0463. The molecule has 7 heteroatoms. The zero-order valence-electron chi connectivity index (χ0n) is 11.3. The molecule has 1 saturated heterocycles. The Morgan fingerprint density at radius 2 is 2.26 bits per heavy atom. The molecule has 2 rings (SSSR count). The number of nitrogens with zero attached hydrogens (tertiary/aromatic N) is 3. The molecule has 0 bridgehead atoms. The molecular weight excluding hydrogens is 264 g/mol. The van der Waals surface area contributed by atoms with Crippen LogP contribution < -0.4 is 5.32 Å². The Bertz CT molecular complexity index is 486. The molecule has 2 amide bonds. The lowest BCUT2D eigenvalue weighted by Gasteiger charge is -2.36. The highest BCUT2D eigenvalue weighted by Crippen LogP contribution is 2.17. The van der Waals surface area contributed by atoms with Gasteiger partial charge in [-0.25, -0.2) is 4.98 Å². The zero-order valence-corrected chi connectivity index (χ0v) is 12.2. The van der Waals surface area contributed by atoms with E-state index < -0.39 is 6.04 Å². The fourth-order valence-electron chi connectivity index (χ4n) is 2.07. The number of hydrogen-bond acceptors (Lipinski definition) is 5. The number of rotatable bonds is 2. The van der Waals surface area contributed by atoms with Gasteiger partial charge in [0.15, 0.2) is 0 Å². The predicted molar refractivity (Wildman–Crippen MR) is 73.2 cm³/mol. The lowest BCUT2D eigenvalue weighted by atomic mass is 10.1. The number of thiazole rings is 1. The van der Waals surface area contributed by atoms with E-state index in [0.29, 0.717) is 24.5 Å². The number of likely N-dealkylation sites (N-methyl/N-ethyl adjacent to an activating group) is 1. The van der Waals surface area contributed by atoms with E-state index >= 15 is 0 Å². The monoisotopic (exact) mass is 282 g/mol. The van der Waals surface area contributed by atoms with Crippen LogP contribution in [0, 0.1) is 6.92 Å². The standard InChI is InChI=1S/C12H18N4O2S/c1-8-14-7-10(19-8)12(18)16-5-4-13-6-9(16)11(17)15(2)3/h7,9,13H,4-6H2,1-3H3. The van der Waals surface area contributed by atoms with Gasteiger partial charge < -0.3 is 15.1 Å². The number of hydrogen-bond donors (Lipinski definition) is 1. The number of aryl methyl sites for hydroxylation is 1. The Balaban J connectivity index is 2.20. The van der Waals surface area contributed by atoms with Gasteiger partial charge in [-0.2, -0.15) is 0 Å². The van der Waals surface area contributed by atoms with Crippen LogP contribution >= 0.6 is 11.3 Å². The van der Waals surface area contributed by atoms with Gasteiger partial charge in [0.05, 0.1) is 11.2 Å². The third-order valence-electron chi connectivity index (χ3n) is 3.06. The molecule has 1 aromatic rings. The van der Waals surface area contributed by atoms with Crippen molar-refractivity contribution in [3.63, 3.8) is 0 Å². The highest BCUT2D eigenvalue weighted by atomic mass is 32.1. The third kappa shape index (κ3) is 2.93. The Hall–Kier alpha value is -1.47. The van der Waals surface area contributed by atoms with Crippen LogP contribution in [0.25, 0.3) is 0 Å². The van der Waals surface area contributed by atoms with Crippen molar-refractivity contribution < 1.29 is 9.59 Å². The van der Waals surface area contributed by atoms with Crippen LogP contribution in [0.15, 0.2) is 6.20 Å². The second kappa shape index (κ2) is 5.66. The van der Waals surface area contributed by atoms with Gasteiger partial charge in [-0.1, -0.05) is 0 Å². The number of carbonyl (C=O) groups excluding carboxylic acids is 2. The molecule has 0 radical (unpaired) electrons. The van der Waals surface area contributed by atoms with Gasteiger partial charge in [0.25, 0.3) is 5.91 Å². The summed E-state index contributed by atoms with van der Waals surface area (Å²) in [7, 11) is 3.41. The second-order valence-corrected chi connectivity index (χ2v) is 5.93. The van der Waals surface area contributed by atoms with Crippen molar-refractivity contribution in [1.29, 1.82) is 0 Å². The minimum absolute atomic E-state index is 0.0539. The summed E-state index contributed by atoms with van der Waals surface area (Å²) in [6.07, 6.45) is 1.58. The van der Waals surface area contributed by atoms with E-state index in [1.54, 1.807) is 25.2 Å². The summed E-state index contributed by atoms with van der Waals surface area (Å²) in [5.74, 6) is -0.158. The molecule has 0 aromatic carbocycles. The fourth-order valence-corrected chi connectivity index (χ4v) is 2.80. The molecule has 1 fully saturated rings. The molecule has 1 atom stereocenters. The van der Waals surface area contributed by atoms with Crippen molar-refractivity contribution in [3.8, 4) is 0 Å². The Kier molecular flexibility index (Phi) is 4.16. The Morgan fingerprint density at radius 1 is 1.53 bits per heavy atom. The molecule has 104 valence electrons. The minimum Gasteiger partial charge on any atom is -0.347 e. The molecule has 19 heavy (non-hydrogen) atoms. The van der Waals surface area contributed by atoms with Crippen molar-refractivity contribution in [2.75, 3.05) is 33.7 Å². The smallest absolute Gasteiger partial charge is 0.266 e. The molecular formula is C12H18N4O2S. The fraction of sp³-hybridized carbons (Fsp3) is 0.583. The van der Waals surface area contributed by atoms with Crippen LogP contribution in [0.5, 0.6) is 0 Å². The summed E-state index contributed by atoms with van der Waals surface area (Å²) in [6, 6.07) is -0.432. The van der Waals surface area contributed by atoms with Gasteiger partial charge in [0.2, 0.25) is 5.91 Å². The molecule has 6 nitrogen and oxygen atoms in total. The van der Waals surface area contributed by atoms with Crippen LogP contribution in [0.2, 0.25) is 0 Å². The van der Waals surface area contributed by atoms with E-state index in [9.17, 15) is 9.59 Å². The zero-order chi connectivity index (χ0) is 14.0. The average molecular weight is 282 g/mol. The molecule has 0 spiro atoms. The lowest BCUT2D eigenvalue weighted by Crippen LogP contribution is -2.59. The van der Waals surface area contributed by atoms with Crippen molar-refractivity contribution in [2.24, 2.45) is 0 Å². The van der Waals surface area contributed by atoms with E-state index in [-0.39, 0.29) is 11.8 Å². The summed E-state index contributed by atoms with van der Waals surface area (Å²) in [5, 5.41) is 4.01. The van der Waals surface area contributed by atoms with E-state index in [4.69, 9.17) is 0 Å². The van der Waals surface area contributed by atoms with Crippen LogP contribution in [-0.4, -0.2) is 66.4 Å². The molecule has 1 N–H and O–H groups in total. The van der Waals surface area contributed by atoms with Gasteiger partial charge in [-0.05, 0) is 6.92 Å². The largest absolute Gasteiger partial charge is 0.347 e. The van der Waals surface area contributed by atoms with E-state index in [1.165, 1.54) is 16.2 Å². The highest BCUT2D eigenvalue weighted by molar-refractivity contribution is 7.13. The van der Waals surface area contributed by atoms with Gasteiger partial charge in [-0.3, -0.25) is 9.59 Å². The normalized spacial score (nSPS) is 19.3. The van der Waals surface area contributed by atoms with E-state index in [1.807, 2.05) is 6.92 Å². The lowest BCUT2D eigenvalue weighted by molar-refractivity contribution is -0.134. The number of aromatic nitrogens is 1. The van der Waals surface area contributed by atoms with E-state index in [2.05, 4.69) is 10.3 Å². The van der Waals surface area contributed by atoms with E-state index in [0.717, 1.165) is 5.01 Å². The summed E-state index contributed by atoms with van der Waals surface area (Å²) >= 11 is 1.36. The maximum Gasteiger partial charge on any atom is 0.266 e. The summed E-state index contributed by atoms with van der Waals surface area (Å²) in [4.78, 5) is 32.4. The molecule has 1 aliphatic heterocycles. The molecule has 1 aliphatic rings. The summed E-state index contributed by atoms with van der Waals surface area (Å²) < 4.78 is 0. The second-order valence-electron chi connectivity index (χ2n) is 4.69. The Morgan fingerprint density at radius 3 is 2.84 bits per heavy atom. The first-order valence-electron chi connectivity index (χ1n) is 6.16. The van der Waals surface area contributed by atoms with Crippen molar-refractivity contribution in [2.45, 2.75) is 13.0 Å². The maximum atomic E-state index is 12.4. The van der Waals surface area contributed by atoms with Crippen molar-refractivity contribution in [1.82, 2.24) is 20.1 Å². The number of amides is 2. The third-order valence-corrected chi connectivity index (χ3v) is 3.96. The number of carbonyl (C=O) groups is 2. The van der Waals surface area contributed by atoms with Crippen molar-refractivity contribution >= 4 is 23.2 Å². The average Bonchev–Trinajstić information content (AvgIpc) is 2.83. The highest BCUT2D eigenvalue weighted by Gasteiger charge is 2.34. The first kappa shape index (κ1) is 14.0. The first-order valence-corrected chi connectivity index (χ1v) is 6.97. The van der Waals surface area contributed by atoms with Gasteiger partial charge in [-0.15, -0.1) is 11.3 Å². The van der Waals surface area contributed by atoms with Crippen LogP contribution in [0.3, 0.4) is 0 Å². The number of nitrogens with one attached hydrogen (secondary N) is 1. The molecule has 1 unspecified atom stereocenters. The van der Waals surface area contributed by atoms with Gasteiger partial charge in [0, 0.05) is 33.7 Å². The molecule has 0 saturated carbocycles. The number of piperazine rings is 1. The molecule has 1 aromatic heterocycles. The van der Waals surface area contributed by atoms with Crippen LogP contribution in [-0.2, 0) is 4.79 Å². The first-order chi connectivity index (χ1) is 9.00. The molecule has 2 heterocycles. The van der Waals surface area contributed by atoms with Crippen LogP contribution in [0.4, 0.5) is 0 Å². The van der Waals surface area contributed by atoms with Gasteiger partial charge in [0.1, 0.15) is 10.9 Å². The Labute approximate surface area is 116 Å². The van der Waals surface area contributed by atoms with Crippen LogP contribution in [0.1, 0.15) is 14.7 Å². The maximum absolute atomic E-state index is 12.4. The SMILES string of the molecule is Cc1ncc(C(=O)N2CCNCC2C(=O)N(C)C)s1. The molecule has 0 aliphatic carbocycles.